The number of fused-ring (bicyclic) bond motifs is 10. The topological polar surface area (TPSA) is 161 Å². The van der Waals surface area contributed by atoms with Crippen LogP contribution in [0.25, 0.3) is 0 Å². The molecule has 5 saturated heterocycles. The molecule has 0 aromatic heterocycles. The minimum absolute atomic E-state index is 0.0406. The highest BCUT2D eigenvalue weighted by Crippen LogP contribution is 2.82. The second-order valence-corrected chi connectivity index (χ2v) is 15.2. The number of hydrogen-bond donors (Lipinski definition) is 2. The van der Waals surface area contributed by atoms with E-state index in [9.17, 15) is 19.8 Å². The number of esters is 2. The summed E-state index contributed by atoms with van der Waals surface area (Å²) in [6.07, 6.45) is -2.08. The molecule has 4 bridgehead atoms. The van der Waals surface area contributed by atoms with Crippen LogP contribution in [0.3, 0.4) is 0 Å². The first-order chi connectivity index (χ1) is 20.7. The van der Waals surface area contributed by atoms with Crippen LogP contribution < -0.4 is 0 Å². The Hall–Kier alpha value is -1.84. The molecular formula is C31H40O13. The zero-order chi connectivity index (χ0) is 31.0. The van der Waals surface area contributed by atoms with Crippen molar-refractivity contribution in [2.24, 2.45) is 34.0 Å². The third-order valence-corrected chi connectivity index (χ3v) is 13.6. The first-order valence-electron chi connectivity index (χ1n) is 15.6. The van der Waals surface area contributed by atoms with Crippen molar-refractivity contribution in [1.29, 1.82) is 0 Å². The average molecular weight is 621 g/mol. The molecule has 0 amide bonds. The van der Waals surface area contributed by atoms with E-state index in [1.54, 1.807) is 6.08 Å². The van der Waals surface area contributed by atoms with Crippen LogP contribution in [0.1, 0.15) is 40.5 Å². The number of aliphatic hydroxyl groups excluding tert-OH is 1. The molecule has 0 radical (unpaired) electrons. The fourth-order valence-corrected chi connectivity index (χ4v) is 12.2. The quantitative estimate of drug-likeness (QED) is 0.325. The molecule has 16 atom stereocenters. The molecule has 6 aliphatic heterocycles. The first-order valence-corrected chi connectivity index (χ1v) is 15.6. The highest BCUT2D eigenvalue weighted by atomic mass is 16.7. The van der Waals surface area contributed by atoms with Gasteiger partial charge in [0.1, 0.15) is 16.6 Å². The Labute approximate surface area is 254 Å². The monoisotopic (exact) mass is 620 g/mol. The van der Waals surface area contributed by atoms with Gasteiger partial charge >= 0.3 is 11.9 Å². The van der Waals surface area contributed by atoms with Gasteiger partial charge in [-0.2, -0.15) is 0 Å². The molecule has 13 heteroatoms. The Kier molecular flexibility index (Phi) is 5.15. The predicted molar refractivity (Wildman–Crippen MR) is 142 cm³/mol. The molecule has 6 heterocycles. The molecule has 1 spiro atoms. The van der Waals surface area contributed by atoms with Gasteiger partial charge in [-0.1, -0.05) is 6.92 Å². The van der Waals surface area contributed by atoms with E-state index >= 15 is 0 Å². The zero-order valence-electron chi connectivity index (χ0n) is 25.6. The van der Waals surface area contributed by atoms with Crippen LogP contribution in [0.15, 0.2) is 12.3 Å². The van der Waals surface area contributed by atoms with Crippen molar-refractivity contribution in [3.8, 4) is 0 Å². The summed E-state index contributed by atoms with van der Waals surface area (Å²) in [5.41, 5.74) is -7.16. The second-order valence-electron chi connectivity index (χ2n) is 15.2. The van der Waals surface area contributed by atoms with E-state index in [0.29, 0.717) is 12.8 Å². The summed E-state index contributed by atoms with van der Waals surface area (Å²) in [5.74, 6) is -4.04. The van der Waals surface area contributed by atoms with Gasteiger partial charge in [0.2, 0.25) is 6.29 Å². The van der Waals surface area contributed by atoms with Crippen LogP contribution in [0.4, 0.5) is 0 Å². The SMILES string of the molecule is COC(=O)[C@H]1OC[C@@]23[C@@H]4C[C@@H](OC(C)(C)O4)[C@@]4(C(=O)OC)CO[C@@H]([C@@H](O)[C@@](C)([C@]56O[C@@]5(C)[C@H]5C[C@@H]6O[C@@H]6OC=C[C@@]65O)[C@H]12)[C@@H]43. The Bertz CT molecular complexity index is 1380. The molecule has 9 rings (SSSR count). The summed E-state index contributed by atoms with van der Waals surface area (Å²) < 4.78 is 55.9. The van der Waals surface area contributed by atoms with Crippen molar-refractivity contribution in [3.63, 3.8) is 0 Å². The van der Waals surface area contributed by atoms with Crippen molar-refractivity contribution in [2.75, 3.05) is 27.4 Å². The molecule has 44 heavy (non-hydrogen) atoms. The Morgan fingerprint density at radius 1 is 0.932 bits per heavy atom. The van der Waals surface area contributed by atoms with Crippen molar-refractivity contribution >= 4 is 11.9 Å². The lowest BCUT2D eigenvalue weighted by Crippen LogP contribution is -2.79. The summed E-state index contributed by atoms with van der Waals surface area (Å²) in [4.78, 5) is 27.7. The molecule has 242 valence electrons. The van der Waals surface area contributed by atoms with Crippen LogP contribution in [-0.4, -0.2) is 115 Å². The number of aliphatic hydroxyl groups is 2. The summed E-state index contributed by atoms with van der Waals surface area (Å²) in [6, 6.07) is 0. The maximum Gasteiger partial charge on any atom is 0.335 e. The molecular weight excluding hydrogens is 580 g/mol. The van der Waals surface area contributed by atoms with Crippen LogP contribution in [0.5, 0.6) is 0 Å². The number of carbonyl (C=O) groups is 2. The molecule has 0 aromatic carbocycles. The molecule has 8 fully saturated rings. The van der Waals surface area contributed by atoms with Gasteiger partial charge in [-0.25, -0.2) is 4.79 Å². The van der Waals surface area contributed by atoms with Crippen LogP contribution in [-0.2, 0) is 52.2 Å². The van der Waals surface area contributed by atoms with Gasteiger partial charge in [0.15, 0.2) is 17.5 Å². The van der Waals surface area contributed by atoms with E-state index in [1.807, 2.05) is 27.7 Å². The standard InChI is InChI=1S/C31H40O13/c1-25(2)42-14-10-15(43-25)29(23(34)37-6)12-39-17-20(29)28(14)11-40-18(22(33)36-5)19(28)26(3,21(17)32)31-16-9-13(27(31,4)44-31)30(35)7-8-38-24(30)41-16/h7-8,13-21,24,32,35H,9-12H2,1-6H3/t13-,14+,15-,16+,17-,18+,19+,20-,21-,24+,26+,27+,28-,29+,30+,31+/m1/s1. The third-order valence-electron chi connectivity index (χ3n) is 13.6. The van der Waals surface area contributed by atoms with E-state index in [0.717, 1.165) is 0 Å². The molecule has 9 aliphatic rings. The Morgan fingerprint density at radius 2 is 1.68 bits per heavy atom. The van der Waals surface area contributed by atoms with Gasteiger partial charge in [-0.15, -0.1) is 0 Å². The van der Waals surface area contributed by atoms with Gasteiger partial charge < -0.3 is 52.8 Å². The maximum absolute atomic E-state index is 14.0. The van der Waals surface area contributed by atoms with Crippen LogP contribution in [0.2, 0.25) is 0 Å². The summed E-state index contributed by atoms with van der Waals surface area (Å²) in [7, 11) is 2.65. The molecule has 0 unspecified atom stereocenters. The normalized spacial score (nSPS) is 61.3. The van der Waals surface area contributed by atoms with Crippen molar-refractivity contribution < 1.29 is 62.4 Å². The lowest BCUT2D eigenvalue weighted by atomic mass is 9.37. The van der Waals surface area contributed by atoms with Crippen LogP contribution in [0, 0.1) is 34.0 Å². The minimum atomic E-state index is -1.43. The van der Waals surface area contributed by atoms with Crippen molar-refractivity contribution in [2.45, 2.75) is 106 Å². The van der Waals surface area contributed by atoms with E-state index in [2.05, 4.69) is 0 Å². The van der Waals surface area contributed by atoms with Gasteiger partial charge in [0.05, 0.1) is 64.2 Å². The predicted octanol–water partition coefficient (Wildman–Crippen LogP) is 0.187. The van der Waals surface area contributed by atoms with Gasteiger partial charge in [0.25, 0.3) is 0 Å². The zero-order valence-corrected chi connectivity index (χ0v) is 25.6. The lowest BCUT2D eigenvalue weighted by molar-refractivity contribution is -0.384. The summed E-state index contributed by atoms with van der Waals surface area (Å²) >= 11 is 0. The summed E-state index contributed by atoms with van der Waals surface area (Å²) in [5, 5.41) is 24.5. The fourth-order valence-electron chi connectivity index (χ4n) is 12.2. The highest BCUT2D eigenvalue weighted by Gasteiger charge is 2.95. The number of methoxy groups -OCH3 is 2. The minimum Gasteiger partial charge on any atom is -0.469 e. The molecule has 3 saturated carbocycles. The molecule has 2 N–H and O–H groups in total. The number of rotatable bonds is 3. The van der Waals surface area contributed by atoms with E-state index in [1.165, 1.54) is 20.5 Å². The van der Waals surface area contributed by atoms with Gasteiger partial charge in [-0.05, 0) is 33.3 Å². The number of hydrogen-bond acceptors (Lipinski definition) is 13. The Balaban J connectivity index is 1.29. The molecule has 0 aromatic rings. The van der Waals surface area contributed by atoms with Crippen LogP contribution >= 0.6 is 0 Å². The van der Waals surface area contributed by atoms with Crippen molar-refractivity contribution in [3.05, 3.63) is 12.3 Å². The maximum atomic E-state index is 14.0. The van der Waals surface area contributed by atoms with Gasteiger partial charge in [0, 0.05) is 35.0 Å². The second kappa shape index (κ2) is 7.99. The number of ether oxygens (including phenoxy) is 9. The number of epoxide rings is 1. The van der Waals surface area contributed by atoms with E-state index in [-0.39, 0.29) is 13.2 Å². The summed E-state index contributed by atoms with van der Waals surface area (Å²) in [6.45, 7) is 7.47. The largest absolute Gasteiger partial charge is 0.469 e. The van der Waals surface area contributed by atoms with E-state index in [4.69, 9.17) is 42.6 Å². The fraction of sp³-hybridized carbons (Fsp3) is 0.871. The smallest absolute Gasteiger partial charge is 0.335 e. The average Bonchev–Trinajstić information content (AvgIpc) is 3.42. The molecule has 3 aliphatic carbocycles. The Morgan fingerprint density at radius 3 is 2.41 bits per heavy atom. The lowest BCUT2D eigenvalue weighted by Gasteiger charge is -2.68. The third kappa shape index (κ3) is 2.63. The van der Waals surface area contributed by atoms with Crippen molar-refractivity contribution in [1.82, 2.24) is 0 Å². The highest BCUT2D eigenvalue weighted by molar-refractivity contribution is 5.80. The first kappa shape index (κ1) is 28.4. The van der Waals surface area contributed by atoms with E-state index < -0.39 is 111 Å². The molecule has 13 nitrogen and oxygen atoms in total. The number of carbonyl (C=O) groups excluding carboxylic acids is 2. The van der Waals surface area contributed by atoms with Gasteiger partial charge in [-0.3, -0.25) is 4.79 Å².